The molecule has 0 spiro atoms. The van der Waals surface area contributed by atoms with Crippen LogP contribution in [-0.4, -0.2) is 24.3 Å². The number of unbranched alkanes of at least 4 members (excludes halogenated alkanes) is 2. The highest BCUT2D eigenvalue weighted by Gasteiger charge is 2.47. The van der Waals surface area contributed by atoms with Gasteiger partial charge in [-0.1, -0.05) is 25.8 Å². The molecule has 130 valence electrons. The van der Waals surface area contributed by atoms with Crippen molar-refractivity contribution in [2.75, 3.05) is 17.2 Å². The molecule has 1 fully saturated rings. The third kappa shape index (κ3) is 5.37. The molecule has 0 aliphatic heterocycles. The van der Waals surface area contributed by atoms with E-state index in [-0.39, 0.29) is 29.6 Å². The Morgan fingerprint density at radius 2 is 1.71 bits per heavy atom. The maximum absolute atomic E-state index is 12.2. The predicted octanol–water partition coefficient (Wildman–Crippen LogP) is 2.53. The van der Waals surface area contributed by atoms with E-state index in [0.29, 0.717) is 24.3 Å². The molecule has 3 amide bonds. The summed E-state index contributed by atoms with van der Waals surface area (Å²) < 4.78 is 0. The fourth-order valence-corrected chi connectivity index (χ4v) is 2.61. The van der Waals surface area contributed by atoms with Crippen molar-refractivity contribution < 1.29 is 14.4 Å². The first-order chi connectivity index (χ1) is 11.5. The van der Waals surface area contributed by atoms with Crippen LogP contribution in [0.1, 0.15) is 39.5 Å². The van der Waals surface area contributed by atoms with Crippen molar-refractivity contribution in [2.24, 2.45) is 11.8 Å². The largest absolute Gasteiger partial charge is 0.356 e. The van der Waals surface area contributed by atoms with Gasteiger partial charge in [0.05, 0.1) is 11.8 Å². The maximum atomic E-state index is 12.2. The standard InChI is InChI=1S/C18H25N3O3/c1-3-4-5-9-19-17(23)15-11-16(15)18(24)21-14-8-6-7-13(10-14)20-12(2)22/h6-8,10,15-16H,3-5,9,11H2,1-2H3,(H,19,23)(H,20,22)(H,21,24). The van der Waals surface area contributed by atoms with Crippen LogP contribution in [0.2, 0.25) is 0 Å². The lowest BCUT2D eigenvalue weighted by atomic mass is 10.2. The Kier molecular flexibility index (Phi) is 6.35. The number of anilines is 2. The molecule has 2 atom stereocenters. The molecular formula is C18H25N3O3. The molecule has 1 aromatic carbocycles. The Bertz CT molecular complexity index is 615. The number of carbonyl (C=O) groups excluding carboxylic acids is 3. The summed E-state index contributed by atoms with van der Waals surface area (Å²) in [5, 5.41) is 8.37. The van der Waals surface area contributed by atoms with Gasteiger partial charge in [-0.2, -0.15) is 0 Å². The zero-order valence-electron chi connectivity index (χ0n) is 14.2. The van der Waals surface area contributed by atoms with Crippen LogP contribution in [0.5, 0.6) is 0 Å². The number of amides is 3. The van der Waals surface area contributed by atoms with Crippen LogP contribution in [0.25, 0.3) is 0 Å². The Morgan fingerprint density at radius 1 is 1.04 bits per heavy atom. The van der Waals surface area contributed by atoms with Gasteiger partial charge in [0.15, 0.2) is 0 Å². The third-order valence-electron chi connectivity index (χ3n) is 3.99. The molecule has 3 N–H and O–H groups in total. The molecule has 1 saturated carbocycles. The number of rotatable bonds is 8. The van der Waals surface area contributed by atoms with Crippen molar-refractivity contribution in [1.82, 2.24) is 5.32 Å². The van der Waals surface area contributed by atoms with Crippen molar-refractivity contribution in [3.63, 3.8) is 0 Å². The summed E-state index contributed by atoms with van der Waals surface area (Å²) in [6.07, 6.45) is 3.78. The van der Waals surface area contributed by atoms with Crippen molar-refractivity contribution in [2.45, 2.75) is 39.5 Å². The molecular weight excluding hydrogens is 306 g/mol. The summed E-state index contributed by atoms with van der Waals surface area (Å²) in [7, 11) is 0. The molecule has 6 nitrogen and oxygen atoms in total. The highest BCUT2D eigenvalue weighted by Crippen LogP contribution is 2.39. The fraction of sp³-hybridized carbons (Fsp3) is 0.500. The highest BCUT2D eigenvalue weighted by atomic mass is 16.2. The normalized spacial score (nSPS) is 18.6. The van der Waals surface area contributed by atoms with Gasteiger partial charge in [0.25, 0.3) is 0 Å². The van der Waals surface area contributed by atoms with E-state index in [9.17, 15) is 14.4 Å². The molecule has 6 heteroatoms. The van der Waals surface area contributed by atoms with E-state index in [0.717, 1.165) is 19.3 Å². The lowest BCUT2D eigenvalue weighted by molar-refractivity contribution is -0.125. The van der Waals surface area contributed by atoms with E-state index in [1.807, 2.05) is 0 Å². The van der Waals surface area contributed by atoms with Crippen LogP contribution in [0.4, 0.5) is 11.4 Å². The number of carbonyl (C=O) groups is 3. The van der Waals surface area contributed by atoms with Crippen LogP contribution in [0, 0.1) is 11.8 Å². The molecule has 0 saturated heterocycles. The van der Waals surface area contributed by atoms with Crippen LogP contribution in [-0.2, 0) is 14.4 Å². The molecule has 1 aliphatic carbocycles. The quantitative estimate of drug-likeness (QED) is 0.640. The summed E-state index contributed by atoms with van der Waals surface area (Å²) in [6.45, 7) is 4.22. The second-order valence-corrected chi connectivity index (χ2v) is 6.20. The monoisotopic (exact) mass is 331 g/mol. The van der Waals surface area contributed by atoms with E-state index < -0.39 is 0 Å². The minimum absolute atomic E-state index is 0.0294. The summed E-state index contributed by atoms with van der Waals surface area (Å²) in [5.41, 5.74) is 1.24. The zero-order valence-corrected chi connectivity index (χ0v) is 14.2. The van der Waals surface area contributed by atoms with E-state index in [4.69, 9.17) is 0 Å². The molecule has 0 radical (unpaired) electrons. The molecule has 24 heavy (non-hydrogen) atoms. The molecule has 2 rings (SSSR count). The van der Waals surface area contributed by atoms with Crippen LogP contribution < -0.4 is 16.0 Å². The van der Waals surface area contributed by atoms with E-state index in [1.165, 1.54) is 6.92 Å². The number of nitrogens with one attached hydrogen (secondary N) is 3. The molecule has 0 heterocycles. The molecule has 0 aromatic heterocycles. The summed E-state index contributed by atoms with van der Waals surface area (Å²) in [4.78, 5) is 35.3. The average molecular weight is 331 g/mol. The summed E-state index contributed by atoms with van der Waals surface area (Å²) in [5.74, 6) is -0.826. The first kappa shape index (κ1) is 18.0. The minimum atomic E-state index is -0.263. The zero-order chi connectivity index (χ0) is 17.5. The minimum Gasteiger partial charge on any atom is -0.356 e. The first-order valence-electron chi connectivity index (χ1n) is 8.47. The van der Waals surface area contributed by atoms with Gasteiger partial charge < -0.3 is 16.0 Å². The van der Waals surface area contributed by atoms with Gasteiger partial charge in [-0.25, -0.2) is 0 Å². The Morgan fingerprint density at radius 3 is 2.38 bits per heavy atom. The maximum Gasteiger partial charge on any atom is 0.228 e. The average Bonchev–Trinajstić information content (AvgIpc) is 3.32. The molecule has 1 aliphatic rings. The SMILES string of the molecule is CCCCCNC(=O)C1CC1C(=O)Nc1cccc(NC(C)=O)c1. The Labute approximate surface area is 142 Å². The van der Waals surface area contributed by atoms with E-state index in [2.05, 4.69) is 22.9 Å². The molecule has 0 bridgehead atoms. The summed E-state index contributed by atoms with van der Waals surface area (Å²) >= 11 is 0. The topological polar surface area (TPSA) is 87.3 Å². The van der Waals surface area contributed by atoms with Gasteiger partial charge in [-0.3, -0.25) is 14.4 Å². The van der Waals surface area contributed by atoms with Crippen molar-refractivity contribution >= 4 is 29.1 Å². The smallest absolute Gasteiger partial charge is 0.228 e. The van der Waals surface area contributed by atoms with Gasteiger partial charge in [-0.05, 0) is 31.0 Å². The van der Waals surface area contributed by atoms with Crippen molar-refractivity contribution in [3.8, 4) is 0 Å². The number of benzene rings is 1. The fourth-order valence-electron chi connectivity index (χ4n) is 2.61. The van der Waals surface area contributed by atoms with Crippen molar-refractivity contribution in [3.05, 3.63) is 24.3 Å². The Hall–Kier alpha value is -2.37. The van der Waals surface area contributed by atoms with E-state index >= 15 is 0 Å². The third-order valence-corrected chi connectivity index (χ3v) is 3.99. The summed E-state index contributed by atoms with van der Waals surface area (Å²) in [6, 6.07) is 6.96. The second-order valence-electron chi connectivity index (χ2n) is 6.20. The lowest BCUT2D eigenvalue weighted by Crippen LogP contribution is -2.28. The van der Waals surface area contributed by atoms with Gasteiger partial charge >= 0.3 is 0 Å². The van der Waals surface area contributed by atoms with Crippen molar-refractivity contribution in [1.29, 1.82) is 0 Å². The van der Waals surface area contributed by atoms with Gasteiger partial charge in [0, 0.05) is 24.8 Å². The highest BCUT2D eigenvalue weighted by molar-refractivity contribution is 6.00. The van der Waals surface area contributed by atoms with Gasteiger partial charge in [0.2, 0.25) is 17.7 Å². The van der Waals surface area contributed by atoms with Crippen LogP contribution in [0.15, 0.2) is 24.3 Å². The number of hydrogen-bond acceptors (Lipinski definition) is 3. The predicted molar refractivity (Wildman–Crippen MR) is 93.5 cm³/mol. The van der Waals surface area contributed by atoms with Crippen LogP contribution in [0.3, 0.4) is 0 Å². The second kappa shape index (κ2) is 8.47. The number of hydrogen-bond donors (Lipinski definition) is 3. The lowest BCUT2D eigenvalue weighted by Gasteiger charge is -2.08. The van der Waals surface area contributed by atoms with Gasteiger partial charge in [-0.15, -0.1) is 0 Å². The molecule has 2 unspecified atom stereocenters. The van der Waals surface area contributed by atoms with E-state index in [1.54, 1.807) is 24.3 Å². The van der Waals surface area contributed by atoms with Gasteiger partial charge in [0.1, 0.15) is 0 Å². The first-order valence-corrected chi connectivity index (χ1v) is 8.47. The Balaban J connectivity index is 1.80. The van der Waals surface area contributed by atoms with Crippen LogP contribution >= 0.6 is 0 Å². The molecule has 1 aromatic rings.